The lowest BCUT2D eigenvalue weighted by Gasteiger charge is -1.91. The normalized spacial score (nSPS) is 12.0. The molecule has 0 rings (SSSR count). The van der Waals surface area contributed by atoms with Gasteiger partial charge < -0.3 is 0 Å². The minimum absolute atomic E-state index is 0.172. The molecule has 0 aromatic rings. The van der Waals surface area contributed by atoms with E-state index < -0.39 is 7.42 Å². The van der Waals surface area contributed by atoms with Gasteiger partial charge in [-0.25, -0.2) is 0 Å². The molecule has 0 bridgehead atoms. The molecule has 0 aliphatic heterocycles. The fraction of sp³-hybridized carbons (Fsp3) is 1.00. The average Bonchev–Trinajstić information content (AvgIpc) is 1.61. The predicted molar refractivity (Wildman–Crippen MR) is 42.7 cm³/mol. The standard InChI is InChI=1S/C3H10Cl2Si2/c1-2-6-3-7(4)5/h7H,2-3,6H2,1H3. The fourth-order valence-corrected chi connectivity index (χ4v) is 6.00. The molecule has 0 fully saturated rings. The third-order valence-electron chi connectivity index (χ3n) is 0.776. The van der Waals surface area contributed by atoms with Gasteiger partial charge in [-0.2, -0.15) is 22.2 Å². The highest BCUT2D eigenvalue weighted by Crippen LogP contribution is 2.01. The summed E-state index contributed by atoms with van der Waals surface area (Å²) in [6, 6.07) is 1.35. The van der Waals surface area contributed by atoms with Crippen molar-refractivity contribution >= 4 is 39.1 Å². The molecule has 0 N–H and O–H groups in total. The summed E-state index contributed by atoms with van der Waals surface area (Å²) in [6.45, 7) is 2.21. The molecule has 0 nitrogen and oxygen atoms in total. The Bertz CT molecular complexity index is 39.9. The summed E-state index contributed by atoms with van der Waals surface area (Å²) < 4.78 is 0. The Balaban J connectivity index is 2.68. The van der Waals surface area contributed by atoms with Gasteiger partial charge in [0, 0.05) is 9.52 Å². The molecule has 0 radical (unpaired) electrons. The van der Waals surface area contributed by atoms with Gasteiger partial charge in [-0.1, -0.05) is 13.0 Å². The van der Waals surface area contributed by atoms with Crippen molar-refractivity contribution in [3.8, 4) is 0 Å². The number of halogens is 2. The van der Waals surface area contributed by atoms with Crippen LogP contribution in [0.2, 0.25) is 11.7 Å². The molecule has 4 heteroatoms. The molecule has 0 saturated carbocycles. The molecule has 7 heavy (non-hydrogen) atoms. The summed E-state index contributed by atoms with van der Waals surface area (Å²) in [5.41, 5.74) is 1.21. The molecule has 0 saturated heterocycles. The van der Waals surface area contributed by atoms with E-state index >= 15 is 0 Å². The van der Waals surface area contributed by atoms with Gasteiger partial charge in [0.15, 0.2) is 0 Å². The van der Waals surface area contributed by atoms with Crippen LogP contribution in [0.4, 0.5) is 0 Å². The molecule has 0 aromatic carbocycles. The number of rotatable bonds is 3. The third kappa shape index (κ3) is 7.01. The quantitative estimate of drug-likeness (QED) is 0.445. The lowest BCUT2D eigenvalue weighted by atomic mass is 11.0. The molecule has 0 amide bonds. The SMILES string of the molecule is CC[SiH2]C[SiH](Cl)Cl. The minimum atomic E-state index is -1.18. The van der Waals surface area contributed by atoms with Crippen molar-refractivity contribution in [2.45, 2.75) is 18.6 Å². The van der Waals surface area contributed by atoms with E-state index in [4.69, 9.17) is 22.2 Å². The van der Waals surface area contributed by atoms with Crippen LogP contribution in [-0.4, -0.2) is 16.9 Å². The number of hydrogen-bond donors (Lipinski definition) is 0. The predicted octanol–water partition coefficient (Wildman–Crippen LogP) is 1.25. The van der Waals surface area contributed by atoms with Gasteiger partial charge in [-0.3, -0.25) is 0 Å². The Hall–Kier alpha value is 1.01. The first-order valence-electron chi connectivity index (χ1n) is 2.55. The average molecular weight is 173 g/mol. The lowest BCUT2D eigenvalue weighted by molar-refractivity contribution is 1.45. The Morgan fingerprint density at radius 3 is 2.29 bits per heavy atom. The van der Waals surface area contributed by atoms with Crippen molar-refractivity contribution in [3.63, 3.8) is 0 Å². The Morgan fingerprint density at radius 1 is 1.57 bits per heavy atom. The molecule has 0 aliphatic carbocycles. The maximum Gasteiger partial charge on any atom is 0.234 e. The van der Waals surface area contributed by atoms with Gasteiger partial charge in [-0.15, -0.1) is 0 Å². The highest BCUT2D eigenvalue weighted by atomic mass is 35.7. The van der Waals surface area contributed by atoms with Gasteiger partial charge in [0.1, 0.15) is 0 Å². The molecule has 0 spiro atoms. The van der Waals surface area contributed by atoms with E-state index in [-0.39, 0.29) is 9.52 Å². The van der Waals surface area contributed by atoms with Crippen LogP contribution in [0.1, 0.15) is 6.92 Å². The Kier molecular flexibility index (Phi) is 5.90. The first kappa shape index (κ1) is 8.01. The van der Waals surface area contributed by atoms with Gasteiger partial charge in [-0.05, 0) is 5.67 Å². The maximum atomic E-state index is 5.60. The Labute approximate surface area is 58.0 Å². The van der Waals surface area contributed by atoms with Crippen molar-refractivity contribution in [1.82, 2.24) is 0 Å². The Morgan fingerprint density at radius 2 is 2.14 bits per heavy atom. The van der Waals surface area contributed by atoms with Gasteiger partial charge in [0.25, 0.3) is 0 Å². The van der Waals surface area contributed by atoms with Gasteiger partial charge >= 0.3 is 0 Å². The van der Waals surface area contributed by atoms with E-state index in [0.717, 1.165) is 0 Å². The van der Waals surface area contributed by atoms with Crippen molar-refractivity contribution in [2.24, 2.45) is 0 Å². The van der Waals surface area contributed by atoms with Crippen LogP contribution >= 0.6 is 22.2 Å². The monoisotopic (exact) mass is 172 g/mol. The van der Waals surface area contributed by atoms with Crippen LogP contribution in [0.3, 0.4) is 0 Å². The second kappa shape index (κ2) is 5.16. The smallest absolute Gasteiger partial charge is 0.151 e. The number of hydrogen-bond acceptors (Lipinski definition) is 0. The van der Waals surface area contributed by atoms with Crippen molar-refractivity contribution < 1.29 is 0 Å². The van der Waals surface area contributed by atoms with E-state index in [0.29, 0.717) is 0 Å². The zero-order valence-corrected chi connectivity index (χ0v) is 8.54. The fourth-order valence-electron chi connectivity index (χ4n) is 0.358. The molecule has 0 aliphatic rings. The summed E-state index contributed by atoms with van der Waals surface area (Å²) >= 11 is 11.2. The maximum absolute atomic E-state index is 5.60. The second-order valence-corrected chi connectivity index (χ2v) is 10.2. The van der Waals surface area contributed by atoms with Crippen molar-refractivity contribution in [2.75, 3.05) is 0 Å². The van der Waals surface area contributed by atoms with Crippen LogP contribution in [0.5, 0.6) is 0 Å². The van der Waals surface area contributed by atoms with Crippen LogP contribution < -0.4 is 0 Å². The highest BCUT2D eigenvalue weighted by Gasteiger charge is 1.98. The van der Waals surface area contributed by atoms with E-state index in [9.17, 15) is 0 Å². The molecule has 0 heterocycles. The van der Waals surface area contributed by atoms with Gasteiger partial charge in [0.2, 0.25) is 7.42 Å². The zero-order chi connectivity index (χ0) is 5.70. The summed E-state index contributed by atoms with van der Waals surface area (Å²) in [6.07, 6.45) is 0. The van der Waals surface area contributed by atoms with Crippen molar-refractivity contribution in [3.05, 3.63) is 0 Å². The highest BCUT2D eigenvalue weighted by molar-refractivity contribution is 7.35. The van der Waals surface area contributed by atoms with Crippen LogP contribution in [0.15, 0.2) is 0 Å². The van der Waals surface area contributed by atoms with Gasteiger partial charge in [0.05, 0.1) is 0 Å². The summed E-state index contributed by atoms with van der Waals surface area (Å²) in [7, 11) is -1.01. The first-order chi connectivity index (χ1) is 3.27. The van der Waals surface area contributed by atoms with E-state index in [1.165, 1.54) is 11.7 Å². The molecular weight excluding hydrogens is 163 g/mol. The minimum Gasteiger partial charge on any atom is -0.151 e. The molecule has 0 unspecified atom stereocenters. The summed E-state index contributed by atoms with van der Waals surface area (Å²) in [5, 5.41) is 0. The molecule has 0 atom stereocenters. The van der Waals surface area contributed by atoms with Crippen LogP contribution in [0, 0.1) is 0 Å². The summed E-state index contributed by atoms with van der Waals surface area (Å²) in [5.74, 6) is 0. The summed E-state index contributed by atoms with van der Waals surface area (Å²) in [4.78, 5) is 0. The molecule has 0 aromatic heterocycles. The van der Waals surface area contributed by atoms with E-state index in [1.807, 2.05) is 0 Å². The van der Waals surface area contributed by atoms with Crippen LogP contribution in [-0.2, 0) is 0 Å². The van der Waals surface area contributed by atoms with E-state index in [2.05, 4.69) is 6.92 Å². The topological polar surface area (TPSA) is 0 Å². The van der Waals surface area contributed by atoms with Crippen LogP contribution in [0.25, 0.3) is 0 Å². The largest absolute Gasteiger partial charge is 0.234 e. The molecule has 44 valence electrons. The first-order valence-corrected chi connectivity index (χ1v) is 8.86. The van der Waals surface area contributed by atoms with Crippen molar-refractivity contribution in [1.29, 1.82) is 0 Å². The van der Waals surface area contributed by atoms with E-state index in [1.54, 1.807) is 0 Å². The second-order valence-electron chi connectivity index (χ2n) is 1.53. The zero-order valence-electron chi connectivity index (χ0n) is 4.45. The molecular formula is C3H10Cl2Si2. The third-order valence-corrected chi connectivity index (χ3v) is 8.79. The lowest BCUT2D eigenvalue weighted by Crippen LogP contribution is -1.97.